The lowest BCUT2D eigenvalue weighted by molar-refractivity contribution is -0.118. The Morgan fingerprint density at radius 2 is 1.92 bits per heavy atom. The summed E-state index contributed by atoms with van der Waals surface area (Å²) in [6, 6.07) is 17.9. The lowest BCUT2D eigenvalue weighted by Crippen LogP contribution is -2.21. The van der Waals surface area contributed by atoms with Gasteiger partial charge >= 0.3 is 0 Å². The molecule has 1 N–H and O–H groups in total. The fourth-order valence-electron chi connectivity index (χ4n) is 2.33. The second-order valence-corrected chi connectivity index (χ2v) is 7.70. The molecular weight excluding hydrogens is 350 g/mol. The van der Waals surface area contributed by atoms with Gasteiger partial charge in [0.1, 0.15) is 0 Å². The molecule has 3 rings (SSSR count). The molecular formula is C19H19N3OS2. The molecule has 1 aromatic heterocycles. The molecule has 1 amide bonds. The first kappa shape index (κ1) is 17.6. The van der Waals surface area contributed by atoms with Crippen molar-refractivity contribution in [3.8, 4) is 0 Å². The number of nitrogens with one attached hydrogen (secondary N) is 1. The summed E-state index contributed by atoms with van der Waals surface area (Å²) in [6.45, 7) is 2.10. The zero-order chi connectivity index (χ0) is 17.5. The Bertz CT molecular complexity index is 842. The molecule has 0 saturated heterocycles. The Morgan fingerprint density at radius 3 is 2.68 bits per heavy atom. The minimum Gasteiger partial charge on any atom is -0.272 e. The number of rotatable bonds is 7. The number of thioether (sulfide) groups is 1. The van der Waals surface area contributed by atoms with Crippen LogP contribution in [0.3, 0.4) is 0 Å². The number of hydrogen-bond donors (Lipinski definition) is 1. The van der Waals surface area contributed by atoms with Crippen LogP contribution in [0.4, 0.5) is 0 Å². The van der Waals surface area contributed by atoms with E-state index in [0.717, 1.165) is 38.7 Å². The molecule has 4 nitrogen and oxygen atoms in total. The molecule has 0 aliphatic heterocycles. The molecule has 3 aromatic rings. The highest BCUT2D eigenvalue weighted by atomic mass is 32.2. The second kappa shape index (κ2) is 8.78. The van der Waals surface area contributed by atoms with Gasteiger partial charge in [-0.15, -0.1) is 11.3 Å². The Balaban J connectivity index is 1.59. The van der Waals surface area contributed by atoms with E-state index in [-0.39, 0.29) is 5.91 Å². The molecule has 0 spiro atoms. The number of benzene rings is 2. The SMILES string of the molecule is CCC/C(=N/NC(=O)CSc1nc2ccccc2s1)c1ccccc1. The molecule has 6 heteroatoms. The fraction of sp³-hybridized carbons (Fsp3) is 0.211. The molecule has 2 aromatic carbocycles. The van der Waals surface area contributed by atoms with Crippen molar-refractivity contribution in [1.29, 1.82) is 0 Å². The summed E-state index contributed by atoms with van der Waals surface area (Å²) in [5.74, 6) is 0.186. The van der Waals surface area contributed by atoms with E-state index in [0.29, 0.717) is 5.75 Å². The van der Waals surface area contributed by atoms with Crippen molar-refractivity contribution in [2.75, 3.05) is 5.75 Å². The van der Waals surface area contributed by atoms with Gasteiger partial charge in [0.15, 0.2) is 4.34 Å². The van der Waals surface area contributed by atoms with E-state index in [1.54, 1.807) is 11.3 Å². The van der Waals surface area contributed by atoms with Crippen LogP contribution in [-0.2, 0) is 4.79 Å². The van der Waals surface area contributed by atoms with E-state index in [4.69, 9.17) is 0 Å². The van der Waals surface area contributed by atoms with Gasteiger partial charge < -0.3 is 0 Å². The van der Waals surface area contributed by atoms with Crippen LogP contribution in [0.2, 0.25) is 0 Å². The third-order valence-corrected chi connectivity index (χ3v) is 5.69. The Kier molecular flexibility index (Phi) is 6.19. The summed E-state index contributed by atoms with van der Waals surface area (Å²) in [5, 5.41) is 4.33. The van der Waals surface area contributed by atoms with Crippen LogP contribution >= 0.6 is 23.1 Å². The topological polar surface area (TPSA) is 54.4 Å². The highest BCUT2D eigenvalue weighted by molar-refractivity contribution is 8.01. The van der Waals surface area contributed by atoms with Gasteiger partial charge in [0, 0.05) is 0 Å². The van der Waals surface area contributed by atoms with Crippen LogP contribution in [0.5, 0.6) is 0 Å². The molecule has 0 unspecified atom stereocenters. The average Bonchev–Trinajstić information content (AvgIpc) is 3.07. The summed E-state index contributed by atoms with van der Waals surface area (Å²) >= 11 is 3.05. The van der Waals surface area contributed by atoms with Gasteiger partial charge in [-0.2, -0.15) is 5.10 Å². The maximum absolute atomic E-state index is 12.1. The third kappa shape index (κ3) is 4.90. The van der Waals surface area contributed by atoms with Crippen LogP contribution in [-0.4, -0.2) is 22.4 Å². The Labute approximate surface area is 155 Å². The fourth-order valence-corrected chi connectivity index (χ4v) is 4.20. The standard InChI is InChI=1S/C19H19N3OS2/c1-2-8-15(14-9-4-3-5-10-14)21-22-18(23)13-24-19-20-16-11-6-7-12-17(16)25-19/h3-7,9-12H,2,8,13H2,1H3,(H,22,23)/b21-15-. The number of hydrogen-bond acceptors (Lipinski definition) is 5. The largest absolute Gasteiger partial charge is 0.272 e. The predicted octanol–water partition coefficient (Wildman–Crippen LogP) is 4.71. The number of carbonyl (C=O) groups excluding carboxylic acids is 1. The number of carbonyl (C=O) groups is 1. The number of aromatic nitrogens is 1. The van der Waals surface area contributed by atoms with Crippen molar-refractivity contribution in [1.82, 2.24) is 10.4 Å². The first-order chi connectivity index (χ1) is 12.3. The number of amides is 1. The maximum atomic E-state index is 12.1. The van der Waals surface area contributed by atoms with Crippen molar-refractivity contribution in [3.05, 3.63) is 60.2 Å². The summed E-state index contributed by atoms with van der Waals surface area (Å²) in [5.41, 5.74) is 5.60. The van der Waals surface area contributed by atoms with E-state index in [1.807, 2.05) is 54.6 Å². The second-order valence-electron chi connectivity index (χ2n) is 5.45. The van der Waals surface area contributed by atoms with Crippen LogP contribution in [0.1, 0.15) is 25.3 Å². The summed E-state index contributed by atoms with van der Waals surface area (Å²) in [6.07, 6.45) is 1.80. The number of thiazole rings is 1. The number of nitrogens with zero attached hydrogens (tertiary/aromatic N) is 2. The molecule has 0 saturated carbocycles. The van der Waals surface area contributed by atoms with E-state index < -0.39 is 0 Å². The van der Waals surface area contributed by atoms with E-state index in [2.05, 4.69) is 22.4 Å². The molecule has 0 aliphatic carbocycles. The van der Waals surface area contributed by atoms with Gasteiger partial charge in [0.2, 0.25) is 0 Å². The molecule has 0 fully saturated rings. The predicted molar refractivity (Wildman–Crippen MR) is 106 cm³/mol. The quantitative estimate of drug-likeness (QED) is 0.373. The molecule has 0 aliphatic rings. The number of para-hydroxylation sites is 1. The molecule has 0 bridgehead atoms. The normalized spacial score (nSPS) is 11.6. The van der Waals surface area contributed by atoms with Gasteiger partial charge in [-0.05, 0) is 24.1 Å². The minimum absolute atomic E-state index is 0.117. The van der Waals surface area contributed by atoms with E-state index in [1.165, 1.54) is 11.8 Å². The monoisotopic (exact) mass is 369 g/mol. The van der Waals surface area contributed by atoms with E-state index >= 15 is 0 Å². The van der Waals surface area contributed by atoms with Crippen LogP contribution in [0, 0.1) is 0 Å². The number of fused-ring (bicyclic) bond motifs is 1. The van der Waals surface area contributed by atoms with Gasteiger partial charge in [0.05, 0.1) is 21.7 Å². The first-order valence-electron chi connectivity index (χ1n) is 8.15. The van der Waals surface area contributed by atoms with Crippen molar-refractivity contribution >= 4 is 44.9 Å². The summed E-state index contributed by atoms with van der Waals surface area (Å²) in [4.78, 5) is 16.6. The highest BCUT2D eigenvalue weighted by Crippen LogP contribution is 2.28. The lowest BCUT2D eigenvalue weighted by atomic mass is 10.1. The van der Waals surface area contributed by atoms with Crippen molar-refractivity contribution in [2.24, 2.45) is 5.10 Å². The average molecular weight is 370 g/mol. The molecule has 128 valence electrons. The third-order valence-electron chi connectivity index (χ3n) is 3.51. The van der Waals surface area contributed by atoms with Crippen LogP contribution < -0.4 is 5.43 Å². The first-order valence-corrected chi connectivity index (χ1v) is 9.95. The summed E-state index contributed by atoms with van der Waals surface area (Å²) < 4.78 is 2.04. The summed E-state index contributed by atoms with van der Waals surface area (Å²) in [7, 11) is 0. The number of hydrazone groups is 1. The Hall–Kier alpha value is -2.18. The van der Waals surface area contributed by atoms with Crippen LogP contribution in [0.15, 0.2) is 64.0 Å². The smallest absolute Gasteiger partial charge is 0.250 e. The van der Waals surface area contributed by atoms with Crippen LogP contribution in [0.25, 0.3) is 10.2 Å². The van der Waals surface area contributed by atoms with Gasteiger partial charge in [-0.3, -0.25) is 4.79 Å². The lowest BCUT2D eigenvalue weighted by Gasteiger charge is -2.06. The molecule has 1 heterocycles. The highest BCUT2D eigenvalue weighted by Gasteiger charge is 2.08. The van der Waals surface area contributed by atoms with Crippen molar-refractivity contribution in [3.63, 3.8) is 0 Å². The van der Waals surface area contributed by atoms with E-state index in [9.17, 15) is 4.79 Å². The molecule has 25 heavy (non-hydrogen) atoms. The molecule has 0 atom stereocenters. The van der Waals surface area contributed by atoms with Gasteiger partial charge in [-0.25, -0.2) is 10.4 Å². The van der Waals surface area contributed by atoms with Gasteiger partial charge in [-0.1, -0.05) is 67.6 Å². The van der Waals surface area contributed by atoms with Crippen molar-refractivity contribution in [2.45, 2.75) is 24.1 Å². The minimum atomic E-state index is -0.117. The maximum Gasteiger partial charge on any atom is 0.250 e. The zero-order valence-corrected chi connectivity index (χ0v) is 15.6. The van der Waals surface area contributed by atoms with Crippen molar-refractivity contribution < 1.29 is 4.79 Å². The Morgan fingerprint density at radius 1 is 1.16 bits per heavy atom. The molecule has 0 radical (unpaired) electrons. The zero-order valence-electron chi connectivity index (χ0n) is 13.9. The van der Waals surface area contributed by atoms with Gasteiger partial charge in [0.25, 0.3) is 5.91 Å².